The van der Waals surface area contributed by atoms with Gasteiger partial charge in [-0.2, -0.15) is 0 Å². The van der Waals surface area contributed by atoms with Crippen LogP contribution in [0.25, 0.3) is 0 Å². The minimum Gasteiger partial charge on any atom is -0.396 e. The van der Waals surface area contributed by atoms with E-state index in [1.807, 2.05) is 37.3 Å². The first-order chi connectivity index (χ1) is 13.6. The predicted molar refractivity (Wildman–Crippen MR) is 113 cm³/mol. The second-order valence-electron chi connectivity index (χ2n) is 6.42. The molecule has 1 unspecified atom stereocenters. The van der Waals surface area contributed by atoms with E-state index < -0.39 is 9.84 Å². The molecule has 0 saturated carbocycles. The second kappa shape index (κ2) is 11.5. The predicted octanol–water partition coefficient (Wildman–Crippen LogP) is 2.18. The van der Waals surface area contributed by atoms with Crippen LogP contribution in [0.5, 0.6) is 0 Å². The lowest BCUT2D eigenvalue weighted by atomic mass is 10.0. The normalized spacial score (nSPS) is 13.1. The van der Waals surface area contributed by atoms with Crippen LogP contribution >= 0.6 is 0 Å². The molecule has 0 saturated heterocycles. The molecule has 0 aliphatic carbocycles. The highest BCUT2D eigenvalue weighted by atomic mass is 32.2. The number of sulfone groups is 1. The number of guanidine groups is 1. The average Bonchev–Trinajstić information content (AvgIpc) is 2.73. The smallest absolute Gasteiger partial charge is 0.191 e. The number of benzene rings is 2. The zero-order chi connectivity index (χ0) is 20.2. The van der Waals surface area contributed by atoms with Crippen molar-refractivity contribution < 1.29 is 13.5 Å². The lowest BCUT2D eigenvalue weighted by Crippen LogP contribution is -2.38. The number of aliphatic imine (C=N–C) groups is 1. The molecule has 0 radical (unpaired) electrons. The van der Waals surface area contributed by atoms with Crippen molar-refractivity contribution in [2.24, 2.45) is 4.99 Å². The van der Waals surface area contributed by atoms with E-state index in [0.29, 0.717) is 36.9 Å². The summed E-state index contributed by atoms with van der Waals surface area (Å²) >= 11 is 0. The minimum atomic E-state index is -3.27. The van der Waals surface area contributed by atoms with Crippen LogP contribution in [-0.4, -0.2) is 51.5 Å². The fraction of sp³-hybridized carbons (Fsp3) is 0.381. The van der Waals surface area contributed by atoms with Crippen molar-refractivity contribution in [3.63, 3.8) is 0 Å². The maximum atomic E-state index is 12.3. The van der Waals surface area contributed by atoms with Gasteiger partial charge in [-0.25, -0.2) is 8.42 Å². The topological polar surface area (TPSA) is 90.8 Å². The average molecular weight is 404 g/mol. The quantitative estimate of drug-likeness (QED) is 0.321. The molecule has 0 aliphatic rings. The number of hydrogen-bond donors (Lipinski definition) is 3. The van der Waals surface area contributed by atoms with Gasteiger partial charge in [0.2, 0.25) is 0 Å². The van der Waals surface area contributed by atoms with Crippen LogP contribution in [-0.2, 0) is 9.84 Å². The van der Waals surface area contributed by atoms with Crippen LogP contribution in [0.15, 0.2) is 70.6 Å². The molecule has 0 amide bonds. The van der Waals surface area contributed by atoms with Crippen LogP contribution in [0.2, 0.25) is 0 Å². The van der Waals surface area contributed by atoms with Crippen LogP contribution in [0.1, 0.15) is 24.8 Å². The van der Waals surface area contributed by atoms with Gasteiger partial charge in [0.25, 0.3) is 0 Å². The third-order valence-corrected chi connectivity index (χ3v) is 6.11. The maximum Gasteiger partial charge on any atom is 0.191 e. The molecule has 1 atom stereocenters. The number of aliphatic hydroxyl groups excluding tert-OH is 1. The summed E-state index contributed by atoms with van der Waals surface area (Å²) in [4.78, 5) is 4.89. The third kappa shape index (κ3) is 6.98. The lowest BCUT2D eigenvalue weighted by Gasteiger charge is -2.15. The Morgan fingerprint density at radius 2 is 1.68 bits per heavy atom. The molecule has 7 heteroatoms. The largest absolute Gasteiger partial charge is 0.396 e. The van der Waals surface area contributed by atoms with E-state index >= 15 is 0 Å². The monoisotopic (exact) mass is 403 g/mol. The van der Waals surface area contributed by atoms with E-state index in [9.17, 15) is 13.5 Å². The highest BCUT2D eigenvalue weighted by Gasteiger charge is 2.13. The zero-order valence-electron chi connectivity index (χ0n) is 16.2. The maximum absolute atomic E-state index is 12.3. The molecule has 0 aromatic heterocycles. The summed E-state index contributed by atoms with van der Waals surface area (Å²) in [5.74, 6) is 0.622. The van der Waals surface area contributed by atoms with Crippen molar-refractivity contribution in [1.82, 2.24) is 10.6 Å². The van der Waals surface area contributed by atoms with Crippen molar-refractivity contribution in [3.8, 4) is 0 Å². The molecule has 2 aromatic rings. The van der Waals surface area contributed by atoms with Crippen molar-refractivity contribution in [1.29, 1.82) is 0 Å². The number of hydrogen-bond acceptors (Lipinski definition) is 4. The van der Waals surface area contributed by atoms with Gasteiger partial charge in [0.1, 0.15) is 0 Å². The van der Waals surface area contributed by atoms with E-state index in [-0.39, 0.29) is 18.3 Å². The fourth-order valence-electron chi connectivity index (χ4n) is 2.75. The molecule has 0 fully saturated rings. The standard InChI is InChI=1S/C21H29N3O3S/c1-2-22-21(24-16-19(17-25)18-10-5-3-6-11-18)23-14-9-15-28(26,27)20-12-7-4-8-13-20/h3-8,10-13,19,25H,2,9,14-17H2,1H3,(H2,22,23,24). The van der Waals surface area contributed by atoms with Gasteiger partial charge >= 0.3 is 0 Å². The summed E-state index contributed by atoms with van der Waals surface area (Å²) in [6, 6.07) is 18.3. The summed E-state index contributed by atoms with van der Waals surface area (Å²) in [5.41, 5.74) is 1.04. The second-order valence-corrected chi connectivity index (χ2v) is 8.53. The molecule has 0 heterocycles. The summed E-state index contributed by atoms with van der Waals surface area (Å²) in [6.45, 7) is 3.62. The number of aliphatic hydroxyl groups is 1. The van der Waals surface area contributed by atoms with Crippen LogP contribution in [0.3, 0.4) is 0 Å². The van der Waals surface area contributed by atoms with Crippen molar-refractivity contribution in [3.05, 3.63) is 66.2 Å². The first kappa shape index (κ1) is 21.9. The van der Waals surface area contributed by atoms with Gasteiger partial charge in [-0.15, -0.1) is 0 Å². The van der Waals surface area contributed by atoms with Crippen LogP contribution in [0, 0.1) is 0 Å². The van der Waals surface area contributed by atoms with Crippen molar-refractivity contribution >= 4 is 15.8 Å². The Labute approximate surface area is 167 Å². The van der Waals surface area contributed by atoms with E-state index in [4.69, 9.17) is 0 Å². The van der Waals surface area contributed by atoms with Gasteiger partial charge in [-0.05, 0) is 31.0 Å². The lowest BCUT2D eigenvalue weighted by molar-refractivity contribution is 0.268. The zero-order valence-corrected chi connectivity index (χ0v) is 17.0. The Bertz CT molecular complexity index is 824. The summed E-state index contributed by atoms with van der Waals surface area (Å²) in [5, 5.41) is 16.0. The first-order valence-electron chi connectivity index (χ1n) is 9.52. The fourth-order valence-corrected chi connectivity index (χ4v) is 4.08. The molecule has 0 spiro atoms. The summed E-state index contributed by atoms with van der Waals surface area (Å²) in [7, 11) is -3.27. The third-order valence-electron chi connectivity index (χ3n) is 4.29. The SMILES string of the molecule is CCNC(=NCC(CO)c1ccccc1)NCCCS(=O)(=O)c1ccccc1. The Morgan fingerprint density at radius 1 is 1.04 bits per heavy atom. The van der Waals surface area contributed by atoms with Crippen molar-refractivity contribution in [2.45, 2.75) is 24.2 Å². The molecule has 2 rings (SSSR count). The molecule has 6 nitrogen and oxygen atoms in total. The minimum absolute atomic E-state index is 0.0161. The molecule has 0 bridgehead atoms. The first-order valence-corrected chi connectivity index (χ1v) is 11.2. The number of nitrogens with one attached hydrogen (secondary N) is 2. The van der Waals surface area contributed by atoms with E-state index in [2.05, 4.69) is 15.6 Å². The molecular formula is C21H29N3O3S. The molecule has 28 heavy (non-hydrogen) atoms. The van der Waals surface area contributed by atoms with Crippen LogP contribution < -0.4 is 10.6 Å². The highest BCUT2D eigenvalue weighted by molar-refractivity contribution is 7.91. The van der Waals surface area contributed by atoms with Gasteiger partial charge in [0.05, 0.1) is 23.8 Å². The number of nitrogens with zero attached hydrogens (tertiary/aromatic N) is 1. The van der Waals surface area contributed by atoms with E-state index in [0.717, 1.165) is 5.56 Å². The molecular weight excluding hydrogens is 374 g/mol. The Morgan fingerprint density at radius 3 is 2.29 bits per heavy atom. The van der Waals surface area contributed by atoms with E-state index in [1.165, 1.54) is 0 Å². The Balaban J connectivity index is 1.87. The van der Waals surface area contributed by atoms with Crippen LogP contribution in [0.4, 0.5) is 0 Å². The van der Waals surface area contributed by atoms with Gasteiger partial charge in [-0.1, -0.05) is 48.5 Å². The Kier molecular flexibility index (Phi) is 8.97. The summed E-state index contributed by atoms with van der Waals surface area (Å²) in [6.07, 6.45) is 0.476. The molecule has 2 aromatic carbocycles. The summed E-state index contributed by atoms with van der Waals surface area (Å²) < 4.78 is 24.6. The van der Waals surface area contributed by atoms with Gasteiger partial charge in [0.15, 0.2) is 15.8 Å². The highest BCUT2D eigenvalue weighted by Crippen LogP contribution is 2.15. The molecule has 152 valence electrons. The molecule has 3 N–H and O–H groups in total. The van der Waals surface area contributed by atoms with Gasteiger partial charge in [0, 0.05) is 19.0 Å². The molecule has 0 aliphatic heterocycles. The van der Waals surface area contributed by atoms with Gasteiger partial charge < -0.3 is 15.7 Å². The Hall–Kier alpha value is -2.38. The van der Waals surface area contributed by atoms with Gasteiger partial charge in [-0.3, -0.25) is 4.99 Å². The number of rotatable bonds is 10. The van der Waals surface area contributed by atoms with Crippen molar-refractivity contribution in [2.75, 3.05) is 32.0 Å². The van der Waals surface area contributed by atoms with E-state index in [1.54, 1.807) is 30.3 Å².